The van der Waals surface area contributed by atoms with E-state index in [4.69, 9.17) is 0 Å². The lowest BCUT2D eigenvalue weighted by molar-refractivity contribution is 0.146. The number of nitrogens with one attached hydrogen (secondary N) is 1. The van der Waals surface area contributed by atoms with Crippen LogP contribution in [0.3, 0.4) is 0 Å². The highest BCUT2D eigenvalue weighted by Crippen LogP contribution is 2.24. The van der Waals surface area contributed by atoms with Gasteiger partial charge in [0, 0.05) is 19.1 Å². The Morgan fingerprint density at radius 1 is 1.50 bits per heavy atom. The van der Waals surface area contributed by atoms with Crippen LogP contribution in [0.5, 0.6) is 0 Å². The van der Waals surface area contributed by atoms with Crippen LogP contribution in [0.4, 0.5) is 4.79 Å². The normalized spacial score (nSPS) is 20.6. The molecule has 1 heterocycles. The maximum absolute atomic E-state index is 11.5. The second kappa shape index (κ2) is 4.20. The number of carbonyl (C=O) groups excluding carboxylic acids is 1. The highest BCUT2D eigenvalue weighted by Gasteiger charge is 2.26. The Hall–Kier alpha value is -0.730. The van der Waals surface area contributed by atoms with Gasteiger partial charge in [0.25, 0.3) is 0 Å². The van der Waals surface area contributed by atoms with E-state index in [2.05, 4.69) is 33.0 Å². The highest BCUT2D eigenvalue weighted by atomic mass is 16.2. The van der Waals surface area contributed by atoms with Crippen molar-refractivity contribution in [3.63, 3.8) is 0 Å². The predicted octanol–water partition coefficient (Wildman–Crippen LogP) is 2.23. The van der Waals surface area contributed by atoms with Gasteiger partial charge in [-0.05, 0) is 25.2 Å². The summed E-state index contributed by atoms with van der Waals surface area (Å²) in [4.78, 5) is 13.5. The van der Waals surface area contributed by atoms with Crippen LogP contribution in [-0.2, 0) is 0 Å². The molecule has 1 atom stereocenters. The summed E-state index contributed by atoms with van der Waals surface area (Å²) in [7, 11) is 0. The monoisotopic (exact) mass is 198 g/mol. The maximum Gasteiger partial charge on any atom is 0.317 e. The lowest BCUT2D eigenvalue weighted by Crippen LogP contribution is -2.51. The van der Waals surface area contributed by atoms with Gasteiger partial charge in [-0.3, -0.25) is 0 Å². The van der Waals surface area contributed by atoms with Crippen molar-refractivity contribution in [2.45, 2.75) is 46.6 Å². The van der Waals surface area contributed by atoms with Crippen molar-refractivity contribution >= 4 is 6.03 Å². The van der Waals surface area contributed by atoms with Gasteiger partial charge in [-0.25, -0.2) is 4.79 Å². The SMILES string of the molecule is CC(CC(C)(C)C)N1CCCNC1=O. The highest BCUT2D eigenvalue weighted by molar-refractivity contribution is 5.75. The van der Waals surface area contributed by atoms with E-state index in [0.29, 0.717) is 6.04 Å². The zero-order valence-corrected chi connectivity index (χ0v) is 9.76. The number of hydrogen-bond donors (Lipinski definition) is 1. The summed E-state index contributed by atoms with van der Waals surface area (Å²) in [5, 5.41) is 2.89. The second-order valence-electron chi connectivity index (χ2n) is 5.39. The van der Waals surface area contributed by atoms with E-state index in [-0.39, 0.29) is 11.4 Å². The summed E-state index contributed by atoms with van der Waals surface area (Å²) < 4.78 is 0. The fourth-order valence-corrected chi connectivity index (χ4v) is 2.06. The van der Waals surface area contributed by atoms with Crippen LogP contribution in [0.2, 0.25) is 0 Å². The molecule has 1 N–H and O–H groups in total. The van der Waals surface area contributed by atoms with E-state index in [1.807, 2.05) is 4.90 Å². The van der Waals surface area contributed by atoms with Gasteiger partial charge in [-0.15, -0.1) is 0 Å². The third-order valence-corrected chi connectivity index (χ3v) is 2.55. The van der Waals surface area contributed by atoms with Crippen LogP contribution in [0.1, 0.15) is 40.5 Å². The Labute approximate surface area is 86.9 Å². The summed E-state index contributed by atoms with van der Waals surface area (Å²) in [6.45, 7) is 10.5. The quantitative estimate of drug-likeness (QED) is 0.725. The van der Waals surface area contributed by atoms with Crippen LogP contribution in [-0.4, -0.2) is 30.1 Å². The molecule has 0 saturated carbocycles. The molecule has 3 nitrogen and oxygen atoms in total. The number of carbonyl (C=O) groups is 1. The molecule has 14 heavy (non-hydrogen) atoms. The standard InChI is InChI=1S/C11H22N2O/c1-9(8-11(2,3)4)13-7-5-6-12-10(13)14/h9H,5-8H2,1-4H3,(H,12,14). The zero-order valence-electron chi connectivity index (χ0n) is 9.76. The minimum atomic E-state index is 0.105. The largest absolute Gasteiger partial charge is 0.338 e. The van der Waals surface area contributed by atoms with Crippen molar-refractivity contribution in [2.24, 2.45) is 5.41 Å². The molecule has 0 radical (unpaired) electrons. The van der Waals surface area contributed by atoms with Crippen molar-refractivity contribution in [1.29, 1.82) is 0 Å². The Bertz CT molecular complexity index is 208. The molecule has 1 fully saturated rings. The molecule has 1 aliphatic rings. The van der Waals surface area contributed by atoms with Gasteiger partial charge in [0.15, 0.2) is 0 Å². The molecule has 0 bridgehead atoms. The van der Waals surface area contributed by atoms with E-state index in [1.165, 1.54) is 0 Å². The topological polar surface area (TPSA) is 32.3 Å². The van der Waals surface area contributed by atoms with Crippen LogP contribution >= 0.6 is 0 Å². The third kappa shape index (κ3) is 3.20. The van der Waals surface area contributed by atoms with Gasteiger partial charge >= 0.3 is 6.03 Å². The van der Waals surface area contributed by atoms with Gasteiger partial charge in [-0.2, -0.15) is 0 Å². The average molecular weight is 198 g/mol. The molecule has 0 aromatic rings. The summed E-state index contributed by atoms with van der Waals surface area (Å²) in [5.74, 6) is 0. The fourth-order valence-electron chi connectivity index (χ4n) is 2.06. The molecule has 0 aromatic heterocycles. The minimum absolute atomic E-state index is 0.105. The molecule has 0 aromatic carbocycles. The predicted molar refractivity (Wildman–Crippen MR) is 58.3 cm³/mol. The molecular formula is C11H22N2O. The fraction of sp³-hybridized carbons (Fsp3) is 0.909. The van der Waals surface area contributed by atoms with E-state index < -0.39 is 0 Å². The molecule has 1 unspecified atom stereocenters. The summed E-state index contributed by atoms with van der Waals surface area (Å²) in [6.07, 6.45) is 2.13. The number of nitrogens with zero attached hydrogens (tertiary/aromatic N) is 1. The van der Waals surface area contributed by atoms with Crippen molar-refractivity contribution < 1.29 is 4.79 Å². The molecule has 1 rings (SSSR count). The zero-order chi connectivity index (χ0) is 10.8. The van der Waals surface area contributed by atoms with Crippen LogP contribution in [0.15, 0.2) is 0 Å². The Morgan fingerprint density at radius 2 is 2.14 bits per heavy atom. The van der Waals surface area contributed by atoms with E-state index in [1.54, 1.807) is 0 Å². The molecule has 1 aliphatic heterocycles. The molecule has 82 valence electrons. The van der Waals surface area contributed by atoms with Crippen molar-refractivity contribution in [3.05, 3.63) is 0 Å². The van der Waals surface area contributed by atoms with Gasteiger partial charge in [0.1, 0.15) is 0 Å². The molecule has 1 saturated heterocycles. The molecule has 3 heteroatoms. The Balaban J connectivity index is 2.50. The minimum Gasteiger partial charge on any atom is -0.338 e. The van der Waals surface area contributed by atoms with E-state index >= 15 is 0 Å². The Kier molecular flexibility index (Phi) is 3.40. The lowest BCUT2D eigenvalue weighted by Gasteiger charge is -2.36. The van der Waals surface area contributed by atoms with E-state index in [0.717, 1.165) is 25.9 Å². The van der Waals surface area contributed by atoms with Gasteiger partial charge in [0.05, 0.1) is 0 Å². The van der Waals surface area contributed by atoms with Crippen molar-refractivity contribution in [2.75, 3.05) is 13.1 Å². The van der Waals surface area contributed by atoms with Crippen molar-refractivity contribution in [3.8, 4) is 0 Å². The van der Waals surface area contributed by atoms with Crippen molar-refractivity contribution in [1.82, 2.24) is 10.2 Å². The van der Waals surface area contributed by atoms with Crippen LogP contribution < -0.4 is 5.32 Å². The molecule has 0 aliphatic carbocycles. The third-order valence-electron chi connectivity index (χ3n) is 2.55. The van der Waals surface area contributed by atoms with Crippen LogP contribution in [0, 0.1) is 5.41 Å². The number of rotatable bonds is 2. The number of urea groups is 1. The summed E-state index contributed by atoms with van der Waals surface area (Å²) >= 11 is 0. The molecule has 2 amide bonds. The first-order valence-electron chi connectivity index (χ1n) is 5.44. The smallest absolute Gasteiger partial charge is 0.317 e. The summed E-state index contributed by atoms with van der Waals surface area (Å²) in [5.41, 5.74) is 0.289. The first-order valence-corrected chi connectivity index (χ1v) is 5.44. The van der Waals surface area contributed by atoms with Gasteiger partial charge < -0.3 is 10.2 Å². The average Bonchev–Trinajstić information content (AvgIpc) is 2.01. The molecule has 0 spiro atoms. The number of hydrogen-bond acceptors (Lipinski definition) is 1. The Morgan fingerprint density at radius 3 is 2.64 bits per heavy atom. The lowest BCUT2D eigenvalue weighted by atomic mass is 9.88. The molecular weight excluding hydrogens is 176 g/mol. The summed E-state index contributed by atoms with van der Waals surface area (Å²) in [6, 6.07) is 0.448. The van der Waals surface area contributed by atoms with Gasteiger partial charge in [-0.1, -0.05) is 20.8 Å². The second-order valence-corrected chi connectivity index (χ2v) is 5.39. The van der Waals surface area contributed by atoms with Crippen LogP contribution in [0.25, 0.3) is 0 Å². The van der Waals surface area contributed by atoms with Gasteiger partial charge in [0.2, 0.25) is 0 Å². The first kappa shape index (κ1) is 11.3. The maximum atomic E-state index is 11.5. The first-order chi connectivity index (χ1) is 6.40. The van der Waals surface area contributed by atoms with E-state index in [9.17, 15) is 4.79 Å². The number of amides is 2.